The van der Waals surface area contributed by atoms with Crippen LogP contribution in [0.5, 0.6) is 0 Å². The van der Waals surface area contributed by atoms with Gasteiger partial charge in [0.1, 0.15) is 12.2 Å². The highest BCUT2D eigenvalue weighted by Gasteiger charge is 2.55. The van der Waals surface area contributed by atoms with Gasteiger partial charge in [0, 0.05) is 14.1 Å². The molecule has 0 aliphatic carbocycles. The maximum atomic E-state index is 15.2. The number of hydrogen-bond donors (Lipinski definition) is 3. The summed E-state index contributed by atoms with van der Waals surface area (Å²) in [5.74, 6) is 0.322. The van der Waals surface area contributed by atoms with Gasteiger partial charge >= 0.3 is 6.09 Å². The number of aliphatic hydroxyl groups is 2. The molecular weight excluding hydrogens is 375 g/mol. The zero-order chi connectivity index (χ0) is 20.6. The second-order valence-corrected chi connectivity index (χ2v) is 6.74. The van der Waals surface area contributed by atoms with Crippen LogP contribution in [0.25, 0.3) is 11.2 Å². The first-order valence-electron chi connectivity index (χ1n) is 8.69. The van der Waals surface area contributed by atoms with Crippen molar-refractivity contribution >= 4 is 29.0 Å². The topological polar surface area (TPSA) is 135 Å². The normalized spacial score (nSPS) is 27.2. The second kappa shape index (κ2) is 7.45. The van der Waals surface area contributed by atoms with E-state index in [-0.39, 0.29) is 18.2 Å². The predicted molar refractivity (Wildman–Crippen MR) is 96.8 cm³/mol. The average molecular weight is 398 g/mol. The fraction of sp³-hybridized carbons (Fsp3) is 0.625. The van der Waals surface area contributed by atoms with Crippen LogP contribution in [0.1, 0.15) is 20.1 Å². The van der Waals surface area contributed by atoms with Crippen LogP contribution in [0.3, 0.4) is 0 Å². The molecule has 3 rings (SSSR count). The molecule has 0 spiro atoms. The fourth-order valence-electron chi connectivity index (χ4n) is 3.06. The molecule has 1 aliphatic rings. The lowest BCUT2D eigenvalue weighted by Crippen LogP contribution is -2.40. The number of carbonyl (C=O) groups is 1. The standard InChI is InChI=1S/C16H23FN6O5/c1-5-27-15(26)21-14-19-11(22(3)4)9-12(20-14)23(7-18-9)13-16(2,17)10(25)8(6-24)28-13/h7-8,10,13,24-25H,5-6H2,1-4H3,(H,19,20,21,26)/t8-,10-,13-,16-/m1/s1. The molecule has 1 fully saturated rings. The predicted octanol–water partition coefficient (Wildman–Crippen LogP) is 0.439. The van der Waals surface area contributed by atoms with Gasteiger partial charge in [-0.15, -0.1) is 0 Å². The minimum Gasteiger partial charge on any atom is -0.450 e. The van der Waals surface area contributed by atoms with Gasteiger partial charge < -0.3 is 24.6 Å². The Morgan fingerprint density at radius 3 is 2.79 bits per heavy atom. The fourth-order valence-corrected chi connectivity index (χ4v) is 3.06. The van der Waals surface area contributed by atoms with E-state index in [1.807, 2.05) is 0 Å². The highest BCUT2D eigenvalue weighted by molar-refractivity contribution is 5.88. The number of anilines is 2. The maximum absolute atomic E-state index is 15.2. The molecule has 1 amide bonds. The van der Waals surface area contributed by atoms with Gasteiger partial charge in [-0.2, -0.15) is 9.97 Å². The Balaban J connectivity index is 2.09. The van der Waals surface area contributed by atoms with Crippen LogP contribution in [-0.4, -0.2) is 81.0 Å². The van der Waals surface area contributed by atoms with Gasteiger partial charge in [0.15, 0.2) is 28.9 Å². The van der Waals surface area contributed by atoms with Crippen molar-refractivity contribution in [3.05, 3.63) is 6.33 Å². The van der Waals surface area contributed by atoms with E-state index in [1.165, 1.54) is 17.8 Å². The van der Waals surface area contributed by atoms with Crippen LogP contribution in [-0.2, 0) is 9.47 Å². The Morgan fingerprint density at radius 2 is 2.21 bits per heavy atom. The van der Waals surface area contributed by atoms with Crippen molar-refractivity contribution in [1.29, 1.82) is 0 Å². The highest BCUT2D eigenvalue weighted by Crippen LogP contribution is 2.42. The van der Waals surface area contributed by atoms with Crippen molar-refractivity contribution < 1.29 is 28.9 Å². The quantitative estimate of drug-likeness (QED) is 0.655. The minimum absolute atomic E-state index is 0.0609. The number of hydrogen-bond acceptors (Lipinski definition) is 9. The largest absolute Gasteiger partial charge is 0.450 e. The molecule has 4 atom stereocenters. The summed E-state index contributed by atoms with van der Waals surface area (Å²) in [6.45, 7) is 2.46. The highest BCUT2D eigenvalue weighted by atomic mass is 19.1. The zero-order valence-corrected chi connectivity index (χ0v) is 16.0. The molecule has 3 N–H and O–H groups in total. The Morgan fingerprint density at radius 1 is 1.50 bits per heavy atom. The van der Waals surface area contributed by atoms with Crippen LogP contribution in [0.15, 0.2) is 6.33 Å². The number of nitrogens with zero attached hydrogens (tertiary/aromatic N) is 5. The van der Waals surface area contributed by atoms with E-state index >= 15 is 4.39 Å². The number of ether oxygens (including phenoxy) is 2. The van der Waals surface area contributed by atoms with Gasteiger partial charge in [0.05, 0.1) is 19.5 Å². The Kier molecular flexibility index (Phi) is 5.37. The van der Waals surface area contributed by atoms with Crippen LogP contribution in [0.2, 0.25) is 0 Å². The van der Waals surface area contributed by atoms with E-state index in [0.717, 1.165) is 0 Å². The molecule has 1 aliphatic heterocycles. The summed E-state index contributed by atoms with van der Waals surface area (Å²) in [5, 5.41) is 21.9. The first-order chi connectivity index (χ1) is 13.2. The first-order valence-corrected chi connectivity index (χ1v) is 8.69. The molecule has 3 heterocycles. The maximum Gasteiger partial charge on any atom is 0.414 e. The number of halogens is 1. The summed E-state index contributed by atoms with van der Waals surface area (Å²) in [6.07, 6.45) is -3.34. The van der Waals surface area contributed by atoms with Crippen molar-refractivity contribution in [2.45, 2.75) is 38.0 Å². The Bertz CT molecular complexity index is 873. The average Bonchev–Trinajstić information content (AvgIpc) is 3.13. The summed E-state index contributed by atoms with van der Waals surface area (Å²) in [7, 11) is 3.46. The second-order valence-electron chi connectivity index (χ2n) is 6.74. The van der Waals surface area contributed by atoms with Gasteiger partial charge in [-0.1, -0.05) is 0 Å². The van der Waals surface area contributed by atoms with Gasteiger partial charge in [0.25, 0.3) is 0 Å². The van der Waals surface area contributed by atoms with E-state index in [2.05, 4.69) is 20.3 Å². The summed E-state index contributed by atoms with van der Waals surface area (Å²) < 4.78 is 26.8. The Labute approximate surface area is 160 Å². The number of nitrogens with one attached hydrogen (secondary N) is 1. The zero-order valence-electron chi connectivity index (χ0n) is 16.0. The van der Waals surface area contributed by atoms with Crippen molar-refractivity contribution in [2.24, 2.45) is 0 Å². The number of amides is 1. The number of carbonyl (C=O) groups excluding carboxylic acids is 1. The van der Waals surface area contributed by atoms with Crippen molar-refractivity contribution in [3.63, 3.8) is 0 Å². The third-order valence-corrected chi connectivity index (χ3v) is 4.47. The van der Waals surface area contributed by atoms with Crippen LogP contribution < -0.4 is 10.2 Å². The smallest absolute Gasteiger partial charge is 0.414 e. The lowest BCUT2D eigenvalue weighted by Gasteiger charge is -2.24. The van der Waals surface area contributed by atoms with E-state index in [1.54, 1.807) is 25.9 Å². The molecule has 0 saturated carbocycles. The summed E-state index contributed by atoms with van der Waals surface area (Å²) in [5.41, 5.74) is -1.68. The molecule has 1 saturated heterocycles. The number of imidazole rings is 1. The third kappa shape index (κ3) is 3.34. The molecular formula is C16H23FN6O5. The molecule has 0 aromatic carbocycles. The molecule has 2 aromatic heterocycles. The van der Waals surface area contributed by atoms with E-state index in [0.29, 0.717) is 11.3 Å². The summed E-state index contributed by atoms with van der Waals surface area (Å²) in [4.78, 5) is 26.1. The molecule has 0 radical (unpaired) electrons. The molecule has 11 nitrogen and oxygen atoms in total. The van der Waals surface area contributed by atoms with Crippen molar-refractivity contribution in [3.8, 4) is 0 Å². The number of fused-ring (bicyclic) bond motifs is 1. The summed E-state index contributed by atoms with van der Waals surface area (Å²) in [6, 6.07) is 0. The molecule has 0 unspecified atom stereocenters. The van der Waals surface area contributed by atoms with Crippen LogP contribution in [0.4, 0.5) is 21.0 Å². The van der Waals surface area contributed by atoms with Gasteiger partial charge in [0.2, 0.25) is 5.95 Å². The van der Waals surface area contributed by atoms with Crippen LogP contribution >= 0.6 is 0 Å². The lowest BCUT2D eigenvalue weighted by atomic mass is 9.98. The minimum atomic E-state index is -2.21. The van der Waals surface area contributed by atoms with E-state index in [4.69, 9.17) is 9.47 Å². The van der Waals surface area contributed by atoms with Gasteiger partial charge in [-0.05, 0) is 13.8 Å². The first kappa shape index (κ1) is 20.2. The molecule has 2 aromatic rings. The molecule has 0 bridgehead atoms. The van der Waals surface area contributed by atoms with Gasteiger partial charge in [-0.25, -0.2) is 14.2 Å². The van der Waals surface area contributed by atoms with Crippen LogP contribution in [0, 0.1) is 0 Å². The number of alkyl halides is 1. The van der Waals surface area contributed by atoms with E-state index < -0.39 is 36.8 Å². The molecule has 28 heavy (non-hydrogen) atoms. The Hall–Kier alpha value is -2.57. The monoisotopic (exact) mass is 398 g/mol. The third-order valence-electron chi connectivity index (χ3n) is 4.47. The SMILES string of the molecule is CCOC(=O)Nc1nc(N(C)C)c2ncn([C@@H]3O[C@H](CO)[C@@H](O)[C@@]3(C)F)c2n1. The van der Waals surface area contributed by atoms with Crippen molar-refractivity contribution in [2.75, 3.05) is 37.5 Å². The van der Waals surface area contributed by atoms with Crippen molar-refractivity contribution in [1.82, 2.24) is 19.5 Å². The number of rotatable bonds is 5. The summed E-state index contributed by atoms with van der Waals surface area (Å²) >= 11 is 0. The van der Waals surface area contributed by atoms with Gasteiger partial charge in [-0.3, -0.25) is 9.88 Å². The lowest BCUT2D eigenvalue weighted by molar-refractivity contribution is -0.0566. The number of aliphatic hydroxyl groups excluding tert-OH is 2. The molecule has 154 valence electrons. The van der Waals surface area contributed by atoms with E-state index in [9.17, 15) is 15.0 Å². The number of aromatic nitrogens is 4. The molecule has 12 heteroatoms.